The van der Waals surface area contributed by atoms with Gasteiger partial charge < -0.3 is 4.74 Å². The molecule has 0 atom stereocenters. The van der Waals surface area contributed by atoms with E-state index in [9.17, 15) is 13.2 Å². The molecule has 3 aromatic carbocycles. The molecule has 0 spiro atoms. The maximum Gasteiger partial charge on any atom is 0.273 e. The van der Waals surface area contributed by atoms with Gasteiger partial charge in [-0.2, -0.15) is 5.10 Å². The molecule has 33 heavy (non-hydrogen) atoms. The van der Waals surface area contributed by atoms with Crippen LogP contribution in [0.4, 0.5) is 5.69 Å². The number of para-hydroxylation sites is 1. The standard InChI is InChI=1S/C23H17BrClN3O4S/c1-2-13-32-22-12-7-17(24)14-16(22)15-26-27-23(29)20-5-3-4-6-21(20)28-33(30,31)19-10-8-18(25)9-11-19/h1,3-12,14-15,28H,13H2,(H,27,29)/b26-15-. The Labute approximate surface area is 205 Å². The van der Waals surface area contributed by atoms with E-state index in [0.717, 1.165) is 4.47 Å². The molecule has 0 aliphatic heterocycles. The van der Waals surface area contributed by atoms with Crippen molar-refractivity contribution in [3.05, 3.63) is 87.4 Å². The zero-order valence-electron chi connectivity index (χ0n) is 17.0. The van der Waals surface area contributed by atoms with E-state index in [-0.39, 0.29) is 22.8 Å². The van der Waals surface area contributed by atoms with Gasteiger partial charge in [-0.3, -0.25) is 9.52 Å². The average molecular weight is 547 g/mol. The van der Waals surface area contributed by atoms with Gasteiger partial charge in [0.1, 0.15) is 12.4 Å². The molecule has 0 aliphatic carbocycles. The van der Waals surface area contributed by atoms with Crippen molar-refractivity contribution in [2.45, 2.75) is 4.90 Å². The minimum atomic E-state index is -3.93. The number of benzene rings is 3. The van der Waals surface area contributed by atoms with Gasteiger partial charge in [-0.25, -0.2) is 13.8 Å². The van der Waals surface area contributed by atoms with Crippen LogP contribution in [-0.4, -0.2) is 27.1 Å². The Hall–Kier alpha value is -3.32. The van der Waals surface area contributed by atoms with Gasteiger partial charge in [-0.05, 0) is 54.6 Å². The van der Waals surface area contributed by atoms with Crippen molar-refractivity contribution in [3.63, 3.8) is 0 Å². The van der Waals surface area contributed by atoms with Crippen molar-refractivity contribution < 1.29 is 17.9 Å². The van der Waals surface area contributed by atoms with Gasteiger partial charge in [0.05, 0.1) is 22.4 Å². The van der Waals surface area contributed by atoms with Crippen molar-refractivity contribution >= 4 is 55.4 Å². The highest BCUT2D eigenvalue weighted by Crippen LogP contribution is 2.23. The van der Waals surface area contributed by atoms with Gasteiger partial charge in [-0.15, -0.1) is 6.42 Å². The number of amides is 1. The van der Waals surface area contributed by atoms with Crippen molar-refractivity contribution in [3.8, 4) is 18.1 Å². The van der Waals surface area contributed by atoms with Crippen molar-refractivity contribution in [2.24, 2.45) is 5.10 Å². The van der Waals surface area contributed by atoms with Gasteiger partial charge in [0, 0.05) is 15.1 Å². The molecular formula is C23H17BrClN3O4S. The second kappa shape index (κ2) is 11.0. The van der Waals surface area contributed by atoms with Gasteiger partial charge in [0.2, 0.25) is 0 Å². The number of hydrogen-bond acceptors (Lipinski definition) is 5. The van der Waals surface area contributed by atoms with Crippen LogP contribution in [-0.2, 0) is 10.0 Å². The fourth-order valence-corrected chi connectivity index (χ4v) is 4.26. The van der Waals surface area contributed by atoms with E-state index in [1.807, 2.05) is 0 Å². The van der Waals surface area contributed by atoms with Crippen LogP contribution in [0.25, 0.3) is 0 Å². The van der Waals surface area contributed by atoms with Crippen LogP contribution in [0.5, 0.6) is 5.75 Å². The van der Waals surface area contributed by atoms with Gasteiger partial charge in [0.25, 0.3) is 15.9 Å². The SMILES string of the molecule is C#CCOc1ccc(Br)cc1/C=N\NC(=O)c1ccccc1NS(=O)(=O)c1ccc(Cl)cc1. The molecule has 0 unspecified atom stereocenters. The Kier molecular flexibility index (Phi) is 8.11. The maximum atomic E-state index is 12.7. The number of terminal acetylenes is 1. The molecule has 10 heteroatoms. The summed E-state index contributed by atoms with van der Waals surface area (Å²) in [5.74, 6) is 2.26. The number of carbonyl (C=O) groups is 1. The molecule has 0 saturated heterocycles. The van der Waals surface area contributed by atoms with Gasteiger partial charge in [-0.1, -0.05) is 45.6 Å². The maximum absolute atomic E-state index is 12.7. The first-order valence-corrected chi connectivity index (χ1v) is 12.0. The van der Waals surface area contributed by atoms with Crippen LogP contribution >= 0.6 is 27.5 Å². The first kappa shape index (κ1) is 24.3. The summed E-state index contributed by atoms with van der Waals surface area (Å²) in [6.45, 7) is 0.0793. The number of rotatable bonds is 8. The normalized spacial score (nSPS) is 11.1. The van der Waals surface area contributed by atoms with Crippen LogP contribution in [0.2, 0.25) is 5.02 Å². The average Bonchev–Trinajstić information content (AvgIpc) is 2.79. The monoisotopic (exact) mass is 545 g/mol. The van der Waals surface area contributed by atoms with Crippen LogP contribution in [0.1, 0.15) is 15.9 Å². The molecular weight excluding hydrogens is 530 g/mol. The number of hydrogen-bond donors (Lipinski definition) is 2. The number of nitrogens with one attached hydrogen (secondary N) is 2. The lowest BCUT2D eigenvalue weighted by atomic mass is 10.2. The van der Waals surface area contributed by atoms with Gasteiger partial charge in [0.15, 0.2) is 0 Å². The summed E-state index contributed by atoms with van der Waals surface area (Å²) in [5.41, 5.74) is 3.16. The molecule has 0 aliphatic rings. The lowest BCUT2D eigenvalue weighted by Crippen LogP contribution is -2.21. The highest BCUT2D eigenvalue weighted by atomic mass is 79.9. The highest BCUT2D eigenvalue weighted by Gasteiger charge is 2.18. The predicted molar refractivity (Wildman–Crippen MR) is 132 cm³/mol. The van der Waals surface area contributed by atoms with E-state index >= 15 is 0 Å². The number of hydrazone groups is 1. The van der Waals surface area contributed by atoms with Crippen LogP contribution in [0.3, 0.4) is 0 Å². The van der Waals surface area contributed by atoms with E-state index in [2.05, 4.69) is 37.1 Å². The Morgan fingerprint density at radius 3 is 2.61 bits per heavy atom. The fraction of sp³-hybridized carbons (Fsp3) is 0.0435. The van der Waals surface area contributed by atoms with E-state index in [0.29, 0.717) is 16.3 Å². The number of ether oxygens (including phenoxy) is 1. The first-order chi connectivity index (χ1) is 15.8. The summed E-state index contributed by atoms with van der Waals surface area (Å²) >= 11 is 9.19. The molecule has 0 fully saturated rings. The number of anilines is 1. The third-order valence-electron chi connectivity index (χ3n) is 4.19. The molecule has 2 N–H and O–H groups in total. The number of halogens is 2. The number of nitrogens with zero attached hydrogens (tertiary/aromatic N) is 1. The highest BCUT2D eigenvalue weighted by molar-refractivity contribution is 9.10. The molecule has 1 amide bonds. The zero-order valence-corrected chi connectivity index (χ0v) is 20.1. The lowest BCUT2D eigenvalue weighted by Gasteiger charge is -2.12. The third kappa shape index (κ3) is 6.58. The lowest BCUT2D eigenvalue weighted by molar-refractivity contribution is 0.0956. The van der Waals surface area contributed by atoms with Crippen molar-refractivity contribution in [2.75, 3.05) is 11.3 Å². The van der Waals surface area contributed by atoms with E-state index < -0.39 is 15.9 Å². The predicted octanol–water partition coefficient (Wildman–Crippen LogP) is 4.68. The van der Waals surface area contributed by atoms with E-state index in [4.69, 9.17) is 22.8 Å². The molecule has 0 saturated carbocycles. The van der Waals surface area contributed by atoms with Crippen LogP contribution in [0, 0.1) is 12.3 Å². The zero-order chi connectivity index (χ0) is 23.8. The van der Waals surface area contributed by atoms with Crippen LogP contribution in [0.15, 0.2) is 81.2 Å². The Bertz CT molecular complexity index is 1340. The molecule has 3 aromatic rings. The second-order valence-electron chi connectivity index (χ2n) is 6.48. The summed E-state index contributed by atoms with van der Waals surface area (Å²) in [6, 6.07) is 17.1. The third-order valence-corrected chi connectivity index (χ3v) is 6.32. The second-order valence-corrected chi connectivity index (χ2v) is 9.51. The quantitative estimate of drug-likeness (QED) is 0.244. The number of carbonyl (C=O) groups excluding carboxylic acids is 1. The van der Waals surface area contributed by atoms with E-state index in [1.54, 1.807) is 30.3 Å². The molecule has 0 radical (unpaired) electrons. The summed E-state index contributed by atoms with van der Waals surface area (Å²) < 4.78 is 34.1. The first-order valence-electron chi connectivity index (χ1n) is 9.37. The van der Waals surface area contributed by atoms with Gasteiger partial charge >= 0.3 is 0 Å². The Balaban J connectivity index is 1.78. The largest absolute Gasteiger partial charge is 0.480 e. The molecule has 3 rings (SSSR count). The minimum absolute atomic E-state index is 0.00860. The van der Waals surface area contributed by atoms with E-state index in [1.165, 1.54) is 42.6 Å². The summed E-state index contributed by atoms with van der Waals surface area (Å²) in [5, 5.41) is 4.37. The van der Waals surface area contributed by atoms with Crippen molar-refractivity contribution in [1.82, 2.24) is 5.43 Å². The molecule has 0 aromatic heterocycles. The smallest absolute Gasteiger partial charge is 0.273 e. The molecule has 0 bridgehead atoms. The Morgan fingerprint density at radius 2 is 1.88 bits per heavy atom. The minimum Gasteiger partial charge on any atom is -0.480 e. The Morgan fingerprint density at radius 1 is 1.15 bits per heavy atom. The summed E-state index contributed by atoms with van der Waals surface area (Å²) in [4.78, 5) is 12.7. The van der Waals surface area contributed by atoms with Crippen molar-refractivity contribution in [1.29, 1.82) is 0 Å². The molecule has 0 heterocycles. The molecule has 168 valence electrons. The summed E-state index contributed by atoms with van der Waals surface area (Å²) in [7, 11) is -3.93. The molecule has 7 nitrogen and oxygen atoms in total. The number of sulfonamides is 1. The van der Waals surface area contributed by atoms with Crippen LogP contribution < -0.4 is 14.9 Å². The fourth-order valence-electron chi connectivity index (χ4n) is 2.68. The summed E-state index contributed by atoms with van der Waals surface area (Å²) in [6.07, 6.45) is 6.63. The topological polar surface area (TPSA) is 96.9 Å².